The first kappa shape index (κ1) is 16.3. The Morgan fingerprint density at radius 1 is 1.12 bits per heavy atom. The molecular weight excluding hydrogens is 302 g/mol. The lowest BCUT2D eigenvalue weighted by Gasteiger charge is -2.29. The zero-order chi connectivity index (χ0) is 16.8. The lowest BCUT2D eigenvalue weighted by atomic mass is 10.1. The normalized spacial score (nSPS) is 14.8. The van der Waals surface area contributed by atoms with Gasteiger partial charge in [0.15, 0.2) is 5.78 Å². The number of rotatable bonds is 5. The molecule has 2 aromatic carbocycles. The third-order valence-corrected chi connectivity index (χ3v) is 4.03. The van der Waals surface area contributed by atoms with Gasteiger partial charge in [-0.05, 0) is 35.9 Å². The van der Waals surface area contributed by atoms with E-state index in [0.717, 1.165) is 43.3 Å². The predicted octanol–water partition coefficient (Wildman–Crippen LogP) is 3.43. The summed E-state index contributed by atoms with van der Waals surface area (Å²) in [5.41, 5.74) is 2.70. The van der Waals surface area contributed by atoms with E-state index in [0.29, 0.717) is 5.56 Å². The summed E-state index contributed by atoms with van der Waals surface area (Å²) in [6.07, 6.45) is 3.42. The Morgan fingerprint density at radius 3 is 2.71 bits per heavy atom. The SMILES string of the molecule is COc1cccc(C=CC(=O)c2cccc(N3CCOCC3)c2)c1. The van der Waals surface area contributed by atoms with Crippen LogP contribution in [0.5, 0.6) is 5.75 Å². The summed E-state index contributed by atoms with van der Waals surface area (Å²) in [5, 5.41) is 0. The van der Waals surface area contributed by atoms with Gasteiger partial charge in [-0.2, -0.15) is 0 Å². The van der Waals surface area contributed by atoms with Crippen molar-refractivity contribution in [1.29, 1.82) is 0 Å². The van der Waals surface area contributed by atoms with Gasteiger partial charge in [-0.25, -0.2) is 0 Å². The molecule has 2 aromatic rings. The number of hydrogen-bond acceptors (Lipinski definition) is 4. The van der Waals surface area contributed by atoms with Crippen molar-refractivity contribution in [3.63, 3.8) is 0 Å². The van der Waals surface area contributed by atoms with Crippen molar-refractivity contribution in [3.8, 4) is 5.75 Å². The molecule has 1 saturated heterocycles. The topological polar surface area (TPSA) is 38.8 Å². The van der Waals surface area contributed by atoms with Crippen LogP contribution in [-0.4, -0.2) is 39.2 Å². The monoisotopic (exact) mass is 323 g/mol. The molecule has 0 aromatic heterocycles. The maximum atomic E-state index is 12.4. The summed E-state index contributed by atoms with van der Waals surface area (Å²) in [7, 11) is 1.63. The second-order valence-electron chi connectivity index (χ2n) is 5.62. The van der Waals surface area contributed by atoms with Crippen molar-refractivity contribution in [2.75, 3.05) is 38.3 Å². The van der Waals surface area contributed by atoms with Crippen molar-refractivity contribution in [3.05, 3.63) is 65.7 Å². The number of anilines is 1. The van der Waals surface area contributed by atoms with Gasteiger partial charge in [-0.1, -0.05) is 30.3 Å². The Morgan fingerprint density at radius 2 is 1.92 bits per heavy atom. The maximum Gasteiger partial charge on any atom is 0.185 e. The zero-order valence-corrected chi connectivity index (χ0v) is 13.8. The minimum atomic E-state index is -0.00655. The smallest absolute Gasteiger partial charge is 0.185 e. The van der Waals surface area contributed by atoms with Gasteiger partial charge in [0.1, 0.15) is 5.75 Å². The lowest BCUT2D eigenvalue weighted by Crippen LogP contribution is -2.36. The summed E-state index contributed by atoms with van der Waals surface area (Å²) in [6.45, 7) is 3.18. The Hall–Kier alpha value is -2.59. The molecule has 0 spiro atoms. The summed E-state index contributed by atoms with van der Waals surface area (Å²) in [5.74, 6) is 0.770. The fourth-order valence-corrected chi connectivity index (χ4v) is 2.69. The lowest BCUT2D eigenvalue weighted by molar-refractivity contribution is 0.104. The van der Waals surface area contributed by atoms with Gasteiger partial charge < -0.3 is 14.4 Å². The number of carbonyl (C=O) groups excluding carboxylic acids is 1. The molecular formula is C20H21NO3. The van der Waals surface area contributed by atoms with E-state index in [4.69, 9.17) is 9.47 Å². The first-order chi connectivity index (χ1) is 11.8. The van der Waals surface area contributed by atoms with E-state index in [1.54, 1.807) is 13.2 Å². The summed E-state index contributed by atoms with van der Waals surface area (Å²) in [4.78, 5) is 14.7. The van der Waals surface area contributed by atoms with Crippen LogP contribution in [-0.2, 0) is 4.74 Å². The van der Waals surface area contributed by atoms with Gasteiger partial charge in [0.2, 0.25) is 0 Å². The molecule has 1 aliphatic rings. The molecule has 0 N–H and O–H groups in total. The van der Waals surface area contributed by atoms with Crippen LogP contribution < -0.4 is 9.64 Å². The molecule has 1 fully saturated rings. The molecule has 0 unspecified atom stereocenters. The number of benzene rings is 2. The van der Waals surface area contributed by atoms with Crippen LogP contribution in [0, 0.1) is 0 Å². The van der Waals surface area contributed by atoms with E-state index in [-0.39, 0.29) is 5.78 Å². The molecule has 24 heavy (non-hydrogen) atoms. The minimum Gasteiger partial charge on any atom is -0.497 e. The number of carbonyl (C=O) groups is 1. The van der Waals surface area contributed by atoms with Gasteiger partial charge in [-0.3, -0.25) is 4.79 Å². The molecule has 0 aliphatic carbocycles. The molecule has 3 rings (SSSR count). The third-order valence-electron chi connectivity index (χ3n) is 4.03. The number of morpholine rings is 1. The largest absolute Gasteiger partial charge is 0.497 e. The van der Waals surface area contributed by atoms with Gasteiger partial charge in [-0.15, -0.1) is 0 Å². The Kier molecular flexibility index (Phi) is 5.29. The van der Waals surface area contributed by atoms with Crippen LogP contribution >= 0.6 is 0 Å². The first-order valence-electron chi connectivity index (χ1n) is 8.05. The van der Waals surface area contributed by atoms with Crippen molar-refractivity contribution in [1.82, 2.24) is 0 Å². The number of hydrogen-bond donors (Lipinski definition) is 0. The average Bonchev–Trinajstić information content (AvgIpc) is 2.67. The van der Waals surface area contributed by atoms with Crippen molar-refractivity contribution in [2.24, 2.45) is 0 Å². The number of methoxy groups -OCH3 is 1. The highest BCUT2D eigenvalue weighted by Gasteiger charge is 2.12. The van der Waals surface area contributed by atoms with Crippen molar-refractivity contribution < 1.29 is 14.3 Å². The predicted molar refractivity (Wildman–Crippen MR) is 95.8 cm³/mol. The zero-order valence-electron chi connectivity index (χ0n) is 13.8. The average molecular weight is 323 g/mol. The molecule has 0 amide bonds. The van der Waals surface area contributed by atoms with Crippen LogP contribution in [0.2, 0.25) is 0 Å². The fraction of sp³-hybridized carbons (Fsp3) is 0.250. The van der Waals surface area contributed by atoms with Crippen molar-refractivity contribution in [2.45, 2.75) is 0 Å². The van der Waals surface area contributed by atoms with Gasteiger partial charge >= 0.3 is 0 Å². The number of ether oxygens (including phenoxy) is 2. The molecule has 124 valence electrons. The maximum absolute atomic E-state index is 12.4. The van der Waals surface area contributed by atoms with E-state index >= 15 is 0 Å². The van der Waals surface area contributed by atoms with Crippen molar-refractivity contribution >= 4 is 17.5 Å². The minimum absolute atomic E-state index is 0.00655. The Labute approximate surface area is 142 Å². The van der Waals surface area contributed by atoms with Crippen LogP contribution in [0.3, 0.4) is 0 Å². The molecule has 0 saturated carbocycles. The van der Waals surface area contributed by atoms with Gasteiger partial charge in [0.05, 0.1) is 20.3 Å². The summed E-state index contributed by atoms with van der Waals surface area (Å²) < 4.78 is 10.6. The van der Waals surface area contributed by atoms with Gasteiger partial charge in [0.25, 0.3) is 0 Å². The molecule has 0 bridgehead atoms. The van der Waals surface area contributed by atoms with Crippen LogP contribution in [0.4, 0.5) is 5.69 Å². The second kappa shape index (κ2) is 7.79. The van der Waals surface area contributed by atoms with Crippen LogP contribution in [0.15, 0.2) is 54.6 Å². The van der Waals surface area contributed by atoms with Crippen LogP contribution in [0.25, 0.3) is 6.08 Å². The van der Waals surface area contributed by atoms with E-state index < -0.39 is 0 Å². The highest BCUT2D eigenvalue weighted by atomic mass is 16.5. The third kappa shape index (κ3) is 4.03. The Bertz CT molecular complexity index is 733. The quantitative estimate of drug-likeness (QED) is 0.624. The first-order valence-corrected chi connectivity index (χ1v) is 8.05. The molecule has 0 radical (unpaired) electrons. The number of allylic oxidation sites excluding steroid dienone is 1. The number of nitrogens with zero attached hydrogens (tertiary/aromatic N) is 1. The highest BCUT2D eigenvalue weighted by molar-refractivity contribution is 6.07. The molecule has 1 aliphatic heterocycles. The van der Waals surface area contributed by atoms with E-state index in [1.807, 2.05) is 54.6 Å². The number of ketones is 1. The van der Waals surface area contributed by atoms with E-state index in [2.05, 4.69) is 4.90 Å². The summed E-state index contributed by atoms with van der Waals surface area (Å²) in [6, 6.07) is 15.4. The van der Waals surface area contributed by atoms with Crippen LogP contribution in [0.1, 0.15) is 15.9 Å². The molecule has 4 heteroatoms. The standard InChI is InChI=1S/C20H21NO3/c1-23-19-7-2-4-16(14-19)8-9-20(22)17-5-3-6-18(15-17)21-10-12-24-13-11-21/h2-9,14-15H,10-13H2,1H3. The highest BCUT2D eigenvalue weighted by Crippen LogP contribution is 2.19. The summed E-state index contributed by atoms with van der Waals surface area (Å²) >= 11 is 0. The molecule has 0 atom stereocenters. The van der Waals surface area contributed by atoms with Gasteiger partial charge in [0, 0.05) is 24.3 Å². The van der Waals surface area contributed by atoms with E-state index in [9.17, 15) is 4.79 Å². The Balaban J connectivity index is 1.73. The molecule has 1 heterocycles. The van der Waals surface area contributed by atoms with E-state index in [1.165, 1.54) is 0 Å². The second-order valence-corrected chi connectivity index (χ2v) is 5.62. The fourth-order valence-electron chi connectivity index (χ4n) is 2.69. The molecule has 4 nitrogen and oxygen atoms in total.